The monoisotopic (exact) mass is 269 g/mol. The van der Waals surface area contributed by atoms with Crippen LogP contribution in [0.25, 0.3) is 11.3 Å². The van der Waals surface area contributed by atoms with E-state index in [-0.39, 0.29) is 16.4 Å². The molecular formula is C14H9N2O2S-. The molecule has 1 aliphatic carbocycles. The van der Waals surface area contributed by atoms with Crippen LogP contribution in [0.4, 0.5) is 0 Å². The van der Waals surface area contributed by atoms with E-state index in [1.807, 2.05) is 6.07 Å². The van der Waals surface area contributed by atoms with Crippen molar-refractivity contribution in [2.75, 3.05) is 0 Å². The molecule has 0 saturated carbocycles. The zero-order valence-electron chi connectivity index (χ0n) is 9.97. The molecule has 0 atom stereocenters. The molecule has 4 nitrogen and oxygen atoms in total. The Morgan fingerprint density at radius 3 is 2.89 bits per heavy atom. The second kappa shape index (κ2) is 4.48. The van der Waals surface area contributed by atoms with E-state index in [9.17, 15) is 10.1 Å². The van der Waals surface area contributed by atoms with Gasteiger partial charge in [0, 0.05) is 12.0 Å². The summed E-state index contributed by atoms with van der Waals surface area (Å²) in [6, 6.07) is 5.50. The topological polar surface area (TPSA) is 66.9 Å². The SMILES string of the molecule is N#Cc1c([S-])nc2c(c1-c1ccco1)C(=O)CCC2. The van der Waals surface area contributed by atoms with Gasteiger partial charge in [0.25, 0.3) is 0 Å². The van der Waals surface area contributed by atoms with Crippen LogP contribution >= 0.6 is 0 Å². The van der Waals surface area contributed by atoms with Gasteiger partial charge in [-0.2, -0.15) is 5.26 Å². The number of hydrogen-bond acceptors (Lipinski definition) is 5. The van der Waals surface area contributed by atoms with Gasteiger partial charge in [0.1, 0.15) is 5.76 Å². The number of Topliss-reactive ketones (excluding diaryl/α,β-unsaturated/α-hetero) is 1. The number of furan rings is 1. The van der Waals surface area contributed by atoms with Crippen molar-refractivity contribution in [2.45, 2.75) is 24.3 Å². The number of nitrogens with zero attached hydrogens (tertiary/aromatic N) is 2. The maximum absolute atomic E-state index is 12.2. The Balaban J connectivity index is 2.40. The molecule has 0 radical (unpaired) electrons. The van der Waals surface area contributed by atoms with Crippen LogP contribution in [0, 0.1) is 11.3 Å². The number of rotatable bonds is 1. The highest BCUT2D eigenvalue weighted by Gasteiger charge is 2.26. The normalized spacial score (nSPS) is 13.9. The minimum Gasteiger partial charge on any atom is -0.759 e. The number of aromatic nitrogens is 1. The molecular weight excluding hydrogens is 260 g/mol. The highest BCUT2D eigenvalue weighted by atomic mass is 32.1. The van der Waals surface area contributed by atoms with E-state index >= 15 is 0 Å². The van der Waals surface area contributed by atoms with Crippen LogP contribution in [-0.4, -0.2) is 10.8 Å². The van der Waals surface area contributed by atoms with E-state index in [1.165, 1.54) is 6.26 Å². The summed E-state index contributed by atoms with van der Waals surface area (Å²) in [5.41, 5.74) is 1.95. The van der Waals surface area contributed by atoms with E-state index in [1.54, 1.807) is 12.1 Å². The second-order valence-electron chi connectivity index (χ2n) is 4.35. The molecule has 0 N–H and O–H groups in total. The molecule has 0 aromatic carbocycles. The number of nitriles is 1. The lowest BCUT2D eigenvalue weighted by atomic mass is 9.88. The molecule has 0 aliphatic heterocycles. The van der Waals surface area contributed by atoms with Gasteiger partial charge in [0.2, 0.25) is 0 Å². The molecule has 2 aromatic rings. The number of carbonyl (C=O) groups excluding carboxylic acids is 1. The molecule has 5 heteroatoms. The predicted molar refractivity (Wildman–Crippen MR) is 69.6 cm³/mol. The average Bonchev–Trinajstić information content (AvgIpc) is 2.91. The summed E-state index contributed by atoms with van der Waals surface area (Å²) in [6.07, 6.45) is 3.48. The largest absolute Gasteiger partial charge is 0.759 e. The number of aryl methyl sites for hydroxylation is 1. The fourth-order valence-corrected chi connectivity index (χ4v) is 2.66. The lowest BCUT2D eigenvalue weighted by Gasteiger charge is -2.21. The zero-order valence-corrected chi connectivity index (χ0v) is 10.8. The number of carbonyl (C=O) groups is 1. The van der Waals surface area contributed by atoms with E-state index in [4.69, 9.17) is 17.0 Å². The van der Waals surface area contributed by atoms with Gasteiger partial charge < -0.3 is 17.0 Å². The molecule has 0 bridgehead atoms. The summed E-state index contributed by atoms with van der Waals surface area (Å²) in [5, 5.41) is 9.51. The Morgan fingerprint density at radius 1 is 1.37 bits per heavy atom. The van der Waals surface area contributed by atoms with Crippen molar-refractivity contribution in [3.8, 4) is 17.4 Å². The van der Waals surface area contributed by atoms with Crippen LogP contribution in [0.3, 0.4) is 0 Å². The highest BCUT2D eigenvalue weighted by Crippen LogP contribution is 2.35. The lowest BCUT2D eigenvalue weighted by molar-refractivity contribution is 0.0972. The van der Waals surface area contributed by atoms with Crippen molar-refractivity contribution in [1.29, 1.82) is 5.26 Å². The summed E-state index contributed by atoms with van der Waals surface area (Å²) in [5.74, 6) is 0.503. The molecule has 0 spiro atoms. The quantitative estimate of drug-likeness (QED) is 0.744. The van der Waals surface area contributed by atoms with Gasteiger partial charge in [-0.1, -0.05) is 5.03 Å². The Labute approximate surface area is 115 Å². The maximum atomic E-state index is 12.2. The lowest BCUT2D eigenvalue weighted by Crippen LogP contribution is -2.16. The molecule has 0 amide bonds. The molecule has 19 heavy (non-hydrogen) atoms. The van der Waals surface area contributed by atoms with Crippen molar-refractivity contribution in [1.82, 2.24) is 4.98 Å². The van der Waals surface area contributed by atoms with Crippen LogP contribution in [0.5, 0.6) is 0 Å². The highest BCUT2D eigenvalue weighted by molar-refractivity contribution is 7.58. The third-order valence-corrected chi connectivity index (χ3v) is 3.51. The Morgan fingerprint density at radius 2 is 2.21 bits per heavy atom. The van der Waals surface area contributed by atoms with Crippen LogP contribution < -0.4 is 0 Å². The predicted octanol–water partition coefficient (Wildman–Crippen LogP) is 2.64. The number of pyridine rings is 1. The van der Waals surface area contributed by atoms with Crippen LogP contribution in [0.15, 0.2) is 27.8 Å². The van der Waals surface area contributed by atoms with Crippen LogP contribution in [-0.2, 0) is 19.0 Å². The smallest absolute Gasteiger partial charge is 0.165 e. The van der Waals surface area contributed by atoms with Crippen molar-refractivity contribution in [3.05, 3.63) is 35.2 Å². The number of hydrogen-bond donors (Lipinski definition) is 0. The summed E-state index contributed by atoms with van der Waals surface area (Å²) in [6.45, 7) is 0. The van der Waals surface area contributed by atoms with Crippen LogP contribution in [0.2, 0.25) is 0 Å². The molecule has 2 heterocycles. The van der Waals surface area contributed by atoms with Crippen molar-refractivity contribution < 1.29 is 9.21 Å². The standard InChI is InChI=1S/C14H10N2O2S/c15-7-8-12(11-5-2-6-18-11)13-9(16-14(8)19)3-1-4-10(13)17/h2,5-6H,1,3-4H2,(H,16,19)/p-1. The fourth-order valence-electron chi connectivity index (χ4n) is 2.40. The summed E-state index contributed by atoms with van der Waals surface area (Å²) in [7, 11) is 0. The van der Waals surface area contributed by atoms with E-state index in [0.717, 1.165) is 6.42 Å². The van der Waals surface area contributed by atoms with E-state index in [0.29, 0.717) is 35.4 Å². The maximum Gasteiger partial charge on any atom is 0.165 e. The van der Waals surface area contributed by atoms with Gasteiger partial charge in [-0.25, -0.2) is 0 Å². The van der Waals surface area contributed by atoms with Crippen LogP contribution in [0.1, 0.15) is 34.5 Å². The number of ketones is 1. The van der Waals surface area contributed by atoms with Gasteiger partial charge in [-0.15, -0.1) is 0 Å². The zero-order chi connectivity index (χ0) is 13.4. The van der Waals surface area contributed by atoms with E-state index < -0.39 is 0 Å². The first-order chi connectivity index (χ1) is 9.22. The first kappa shape index (κ1) is 11.9. The molecule has 94 valence electrons. The third kappa shape index (κ3) is 1.81. The molecule has 2 aromatic heterocycles. The van der Waals surface area contributed by atoms with Crippen molar-refractivity contribution >= 4 is 18.4 Å². The Bertz CT molecular complexity index is 699. The second-order valence-corrected chi connectivity index (χ2v) is 4.74. The average molecular weight is 269 g/mol. The summed E-state index contributed by atoms with van der Waals surface area (Å²) < 4.78 is 5.35. The van der Waals surface area contributed by atoms with Gasteiger partial charge in [-0.05, 0) is 25.0 Å². The first-order valence-corrected chi connectivity index (χ1v) is 6.34. The molecule has 3 rings (SSSR count). The minimum absolute atomic E-state index is 0.00616. The minimum atomic E-state index is 0.00616. The van der Waals surface area contributed by atoms with Gasteiger partial charge >= 0.3 is 0 Å². The van der Waals surface area contributed by atoms with Crippen molar-refractivity contribution in [2.24, 2.45) is 0 Å². The summed E-state index contributed by atoms with van der Waals surface area (Å²) in [4.78, 5) is 16.4. The molecule has 0 unspecified atom stereocenters. The molecule has 0 saturated heterocycles. The Kier molecular flexibility index (Phi) is 2.80. The van der Waals surface area contributed by atoms with Gasteiger partial charge in [-0.3, -0.25) is 9.78 Å². The van der Waals surface area contributed by atoms with Gasteiger partial charge in [0.05, 0.1) is 29.2 Å². The third-order valence-electron chi connectivity index (χ3n) is 3.21. The first-order valence-electron chi connectivity index (χ1n) is 5.93. The summed E-state index contributed by atoms with van der Waals surface area (Å²) >= 11 is 5.15. The van der Waals surface area contributed by atoms with Gasteiger partial charge in [0.15, 0.2) is 5.78 Å². The molecule has 1 aliphatic rings. The fraction of sp³-hybridized carbons (Fsp3) is 0.214. The number of fused-ring (bicyclic) bond motifs is 1. The molecule has 0 fully saturated rings. The van der Waals surface area contributed by atoms with E-state index in [2.05, 4.69) is 4.98 Å². The van der Waals surface area contributed by atoms with Crippen molar-refractivity contribution in [3.63, 3.8) is 0 Å². The Hall–Kier alpha value is -2.19.